The molecule has 0 aliphatic carbocycles. The summed E-state index contributed by atoms with van der Waals surface area (Å²) in [6.07, 6.45) is 1.89. The van der Waals surface area contributed by atoms with Crippen LogP contribution < -0.4 is 14.8 Å². The van der Waals surface area contributed by atoms with Crippen LogP contribution in [-0.4, -0.2) is 60.6 Å². The van der Waals surface area contributed by atoms with Gasteiger partial charge in [0.05, 0.1) is 38.2 Å². The average Bonchev–Trinajstić information content (AvgIpc) is 3.45. The number of thioether (sulfide) groups is 1. The van der Waals surface area contributed by atoms with Crippen molar-refractivity contribution in [3.05, 3.63) is 47.5 Å². The van der Waals surface area contributed by atoms with Gasteiger partial charge >= 0.3 is 0 Å². The van der Waals surface area contributed by atoms with Crippen molar-refractivity contribution in [2.45, 2.75) is 44.5 Å². The highest BCUT2D eigenvalue weighted by molar-refractivity contribution is 8.15. The van der Waals surface area contributed by atoms with Crippen LogP contribution in [0.15, 0.2) is 41.4 Å². The second-order valence-corrected chi connectivity index (χ2v) is 9.86. The number of hydrogen-bond donors (Lipinski definition) is 1. The van der Waals surface area contributed by atoms with Crippen LogP contribution >= 0.6 is 11.8 Å². The summed E-state index contributed by atoms with van der Waals surface area (Å²) in [4.78, 5) is 32.8. The van der Waals surface area contributed by atoms with Crippen molar-refractivity contribution < 1.29 is 23.8 Å². The van der Waals surface area contributed by atoms with Gasteiger partial charge in [0.1, 0.15) is 16.7 Å². The van der Waals surface area contributed by atoms with Crippen LogP contribution in [-0.2, 0) is 14.3 Å². The van der Waals surface area contributed by atoms with Gasteiger partial charge in [-0.1, -0.05) is 29.5 Å². The number of carbonyl (C=O) groups is 2. The first-order valence-corrected chi connectivity index (χ1v) is 12.5. The molecule has 2 aliphatic rings. The Hall–Kier alpha value is -3.04. The molecule has 0 aromatic heterocycles. The molecular formula is C26H31N3O5S. The molecule has 9 heteroatoms. The van der Waals surface area contributed by atoms with Crippen molar-refractivity contribution in [1.82, 2.24) is 4.90 Å². The van der Waals surface area contributed by atoms with Crippen molar-refractivity contribution >= 4 is 40.1 Å². The number of nitrogens with zero attached hydrogens (tertiary/aromatic N) is 2. The minimum absolute atomic E-state index is 0.0117. The molecule has 2 saturated heterocycles. The molecule has 0 spiro atoms. The summed E-state index contributed by atoms with van der Waals surface area (Å²) in [7, 11) is 3.09. The van der Waals surface area contributed by atoms with E-state index in [1.54, 1.807) is 30.2 Å². The number of benzene rings is 2. The zero-order chi connectivity index (χ0) is 24.9. The van der Waals surface area contributed by atoms with Crippen LogP contribution in [0, 0.1) is 13.8 Å². The summed E-state index contributed by atoms with van der Waals surface area (Å²) in [6, 6.07) is 11.2. The fourth-order valence-electron chi connectivity index (χ4n) is 4.20. The van der Waals surface area contributed by atoms with Crippen molar-refractivity contribution in [3.8, 4) is 11.5 Å². The third-order valence-corrected chi connectivity index (χ3v) is 7.23. The maximum absolute atomic E-state index is 13.4. The third-order valence-electron chi connectivity index (χ3n) is 6.05. The monoisotopic (exact) mass is 497 g/mol. The van der Waals surface area contributed by atoms with E-state index in [0.717, 1.165) is 29.7 Å². The predicted octanol–water partition coefficient (Wildman–Crippen LogP) is 4.46. The quantitative estimate of drug-likeness (QED) is 0.579. The van der Waals surface area contributed by atoms with E-state index in [1.807, 2.05) is 26.0 Å². The highest BCUT2D eigenvalue weighted by atomic mass is 32.2. The van der Waals surface area contributed by atoms with E-state index >= 15 is 0 Å². The van der Waals surface area contributed by atoms with E-state index in [4.69, 9.17) is 19.2 Å². The van der Waals surface area contributed by atoms with Crippen LogP contribution in [0.5, 0.6) is 11.5 Å². The average molecular weight is 498 g/mol. The molecule has 1 N–H and O–H groups in total. The van der Waals surface area contributed by atoms with Crippen LogP contribution in [0.1, 0.15) is 30.4 Å². The van der Waals surface area contributed by atoms with Gasteiger partial charge in [0.25, 0.3) is 0 Å². The first-order valence-electron chi connectivity index (χ1n) is 11.7. The minimum Gasteiger partial charge on any atom is -0.497 e. The van der Waals surface area contributed by atoms with E-state index in [1.165, 1.54) is 18.9 Å². The molecule has 4 rings (SSSR count). The van der Waals surface area contributed by atoms with Crippen molar-refractivity contribution in [2.75, 3.05) is 32.7 Å². The van der Waals surface area contributed by atoms with Crippen LogP contribution in [0.3, 0.4) is 0 Å². The Kier molecular flexibility index (Phi) is 7.97. The number of amides is 2. The van der Waals surface area contributed by atoms with Gasteiger partial charge in [0.15, 0.2) is 5.17 Å². The van der Waals surface area contributed by atoms with Gasteiger partial charge in [-0.25, -0.2) is 4.99 Å². The Labute approximate surface area is 210 Å². The lowest BCUT2D eigenvalue weighted by atomic mass is 10.1. The first kappa shape index (κ1) is 25.1. The minimum atomic E-state index is -0.572. The lowest BCUT2D eigenvalue weighted by molar-refractivity contribution is -0.129. The smallest absolute Gasteiger partial charge is 0.242 e. The molecule has 0 unspecified atom stereocenters. The Balaban J connectivity index is 1.53. The van der Waals surface area contributed by atoms with E-state index in [0.29, 0.717) is 35.5 Å². The topological polar surface area (TPSA) is 89.5 Å². The van der Waals surface area contributed by atoms with Gasteiger partial charge in [0, 0.05) is 19.1 Å². The summed E-state index contributed by atoms with van der Waals surface area (Å²) in [5.41, 5.74) is 3.50. The van der Waals surface area contributed by atoms with E-state index < -0.39 is 5.25 Å². The number of methoxy groups -OCH3 is 2. The van der Waals surface area contributed by atoms with Gasteiger partial charge in [-0.2, -0.15) is 0 Å². The van der Waals surface area contributed by atoms with Crippen LogP contribution in [0.4, 0.5) is 11.4 Å². The molecular weight excluding hydrogens is 466 g/mol. The van der Waals surface area contributed by atoms with Gasteiger partial charge < -0.3 is 19.5 Å². The number of hydrogen-bond acceptors (Lipinski definition) is 7. The van der Waals surface area contributed by atoms with E-state index in [9.17, 15) is 9.59 Å². The molecule has 0 radical (unpaired) electrons. The molecule has 2 atom stereocenters. The Bertz CT molecular complexity index is 1130. The zero-order valence-electron chi connectivity index (χ0n) is 20.5. The molecule has 0 saturated carbocycles. The molecule has 2 aromatic rings. The molecule has 2 aromatic carbocycles. The maximum atomic E-state index is 13.4. The largest absolute Gasteiger partial charge is 0.497 e. The van der Waals surface area contributed by atoms with Gasteiger partial charge in [-0.05, 0) is 50.5 Å². The Morgan fingerprint density at radius 1 is 1.20 bits per heavy atom. The molecule has 186 valence electrons. The number of anilines is 1. The summed E-state index contributed by atoms with van der Waals surface area (Å²) < 4.78 is 16.4. The number of nitrogens with one attached hydrogen (secondary N) is 1. The third kappa shape index (κ3) is 5.97. The van der Waals surface area contributed by atoms with Gasteiger partial charge in [-0.15, -0.1) is 0 Å². The molecule has 8 nitrogen and oxygen atoms in total. The number of amidine groups is 1. The van der Waals surface area contributed by atoms with Gasteiger partial charge in [0.2, 0.25) is 11.8 Å². The van der Waals surface area contributed by atoms with Gasteiger partial charge in [-0.3, -0.25) is 14.5 Å². The SMILES string of the molecule is COc1ccc(OC)c(NC(=O)C[C@H]2SC(=Nc3ccc(C)cc3C)N(C[C@H]3CCCO3)C2=O)c1. The second-order valence-electron chi connectivity index (χ2n) is 8.69. The first-order chi connectivity index (χ1) is 16.9. The van der Waals surface area contributed by atoms with E-state index in [-0.39, 0.29) is 24.3 Å². The maximum Gasteiger partial charge on any atom is 0.242 e. The number of aliphatic imine (C=N–C) groups is 1. The fraction of sp³-hybridized carbons (Fsp3) is 0.423. The molecule has 35 heavy (non-hydrogen) atoms. The zero-order valence-corrected chi connectivity index (χ0v) is 21.3. The van der Waals surface area contributed by atoms with E-state index in [2.05, 4.69) is 11.4 Å². The highest BCUT2D eigenvalue weighted by Gasteiger charge is 2.40. The molecule has 2 heterocycles. The second kappa shape index (κ2) is 11.1. The van der Waals surface area contributed by atoms with Crippen LogP contribution in [0.2, 0.25) is 0 Å². The highest BCUT2D eigenvalue weighted by Crippen LogP contribution is 2.35. The summed E-state index contributed by atoms with van der Waals surface area (Å²) in [5, 5.41) is 2.89. The number of aryl methyl sites for hydroxylation is 2. The normalized spacial score (nSPS) is 21.0. The molecule has 0 bridgehead atoms. The standard InChI is InChI=1S/C26H31N3O5S/c1-16-7-9-20(17(2)12-16)28-26-29(15-19-6-5-11-34-19)25(31)23(35-26)14-24(30)27-21-13-18(32-3)8-10-22(21)33-4/h7-10,12-13,19,23H,5-6,11,14-15H2,1-4H3,(H,27,30)/t19-,23-/m1/s1. The van der Waals surface area contributed by atoms with Crippen molar-refractivity contribution in [1.29, 1.82) is 0 Å². The summed E-state index contributed by atoms with van der Waals surface area (Å²) in [6.45, 7) is 5.19. The van der Waals surface area contributed by atoms with Crippen molar-refractivity contribution in [3.63, 3.8) is 0 Å². The number of rotatable bonds is 8. The summed E-state index contributed by atoms with van der Waals surface area (Å²) >= 11 is 1.33. The lowest BCUT2D eigenvalue weighted by Crippen LogP contribution is -2.38. The van der Waals surface area contributed by atoms with Crippen molar-refractivity contribution in [2.24, 2.45) is 4.99 Å². The summed E-state index contributed by atoms with van der Waals surface area (Å²) in [5.74, 6) is 0.703. The molecule has 2 fully saturated rings. The molecule has 2 amide bonds. The number of carbonyl (C=O) groups excluding carboxylic acids is 2. The Morgan fingerprint density at radius 3 is 2.71 bits per heavy atom. The lowest BCUT2D eigenvalue weighted by Gasteiger charge is -2.20. The predicted molar refractivity (Wildman–Crippen MR) is 138 cm³/mol. The van der Waals surface area contributed by atoms with Crippen LogP contribution in [0.25, 0.3) is 0 Å². The Morgan fingerprint density at radius 2 is 2.03 bits per heavy atom. The fourth-order valence-corrected chi connectivity index (χ4v) is 5.36. The number of ether oxygens (including phenoxy) is 3. The molecule has 2 aliphatic heterocycles.